The minimum Gasteiger partial charge on any atom is -0.480 e. The normalized spacial score (nSPS) is 13.0. The Balaban J connectivity index is 2.17. The number of aryl methyl sites for hydroxylation is 2. The second-order valence-corrected chi connectivity index (χ2v) is 5.71. The number of hydrogen-bond acceptors (Lipinski definition) is 6. The highest BCUT2D eigenvalue weighted by atomic mass is 16.4. The van der Waals surface area contributed by atoms with E-state index in [-0.39, 0.29) is 5.56 Å². The molecule has 1 amide bonds. The Bertz CT molecular complexity index is 772. The third kappa shape index (κ3) is 4.98. The summed E-state index contributed by atoms with van der Waals surface area (Å²) < 4.78 is 0. The van der Waals surface area contributed by atoms with Crippen molar-refractivity contribution in [1.29, 1.82) is 0 Å². The van der Waals surface area contributed by atoms with Crippen molar-refractivity contribution in [2.45, 2.75) is 32.9 Å². The molecule has 0 aliphatic heterocycles. The highest BCUT2D eigenvalue weighted by Gasteiger charge is 2.25. The van der Waals surface area contributed by atoms with Crippen LogP contribution in [0, 0.1) is 13.8 Å². The number of carbonyl (C=O) groups is 2. The number of amides is 1. The number of aromatic nitrogens is 2. The fourth-order valence-electron chi connectivity index (χ4n) is 2.26. The summed E-state index contributed by atoms with van der Waals surface area (Å²) in [4.78, 5) is 31.8. The van der Waals surface area contributed by atoms with Crippen molar-refractivity contribution in [3.8, 4) is 0 Å². The van der Waals surface area contributed by atoms with Gasteiger partial charge in [0.1, 0.15) is 0 Å². The largest absolute Gasteiger partial charge is 0.480 e. The van der Waals surface area contributed by atoms with Gasteiger partial charge in [0, 0.05) is 22.6 Å². The summed E-state index contributed by atoms with van der Waals surface area (Å²) >= 11 is 0. The maximum absolute atomic E-state index is 12.2. The molecule has 0 spiro atoms. The Hall–Kier alpha value is -3.00. The lowest BCUT2D eigenvalue weighted by Gasteiger charge is -2.17. The summed E-state index contributed by atoms with van der Waals surface area (Å²) in [5.41, 5.74) is 2.46. The van der Waals surface area contributed by atoms with Crippen LogP contribution in [0.5, 0.6) is 0 Å². The van der Waals surface area contributed by atoms with Crippen LogP contribution in [0.2, 0.25) is 0 Å². The van der Waals surface area contributed by atoms with Crippen molar-refractivity contribution < 1.29 is 19.8 Å². The minimum absolute atomic E-state index is 0.251. The number of aliphatic hydroxyl groups is 1. The molecule has 1 heterocycles. The predicted octanol–water partition coefficient (Wildman–Crippen LogP) is 1.40. The molecule has 2 atom stereocenters. The zero-order valence-electron chi connectivity index (χ0n) is 14.1. The van der Waals surface area contributed by atoms with E-state index >= 15 is 0 Å². The zero-order valence-corrected chi connectivity index (χ0v) is 14.1. The lowest BCUT2D eigenvalue weighted by atomic mass is 10.1. The van der Waals surface area contributed by atoms with Crippen LogP contribution in [0.1, 0.15) is 28.7 Å². The molecule has 132 valence electrons. The van der Waals surface area contributed by atoms with E-state index in [9.17, 15) is 14.7 Å². The van der Waals surface area contributed by atoms with Gasteiger partial charge in [-0.2, -0.15) is 0 Å². The van der Waals surface area contributed by atoms with E-state index in [0.717, 1.165) is 11.4 Å². The third-order valence-electron chi connectivity index (χ3n) is 3.40. The van der Waals surface area contributed by atoms with Gasteiger partial charge in [-0.15, -0.1) is 0 Å². The van der Waals surface area contributed by atoms with Crippen LogP contribution in [-0.2, 0) is 4.79 Å². The highest BCUT2D eigenvalue weighted by Crippen LogP contribution is 2.16. The van der Waals surface area contributed by atoms with E-state index in [1.165, 1.54) is 6.92 Å². The van der Waals surface area contributed by atoms with Gasteiger partial charge in [-0.3, -0.25) is 4.79 Å². The van der Waals surface area contributed by atoms with Gasteiger partial charge >= 0.3 is 5.97 Å². The minimum atomic E-state index is -1.38. The van der Waals surface area contributed by atoms with Crippen molar-refractivity contribution in [2.24, 2.45) is 0 Å². The first kappa shape index (κ1) is 18.3. The smallest absolute Gasteiger partial charge is 0.328 e. The Kier molecular flexibility index (Phi) is 5.66. The first-order chi connectivity index (χ1) is 11.8. The van der Waals surface area contributed by atoms with Crippen LogP contribution < -0.4 is 10.6 Å². The standard InChI is InChI=1S/C17H20N4O4/c1-9-7-10(2)19-17(18-9)20-13-6-4-5-12(8-13)15(23)21-14(11(3)22)16(24)25/h4-8,11,14,22H,1-3H3,(H,21,23)(H,24,25)(H,18,19,20). The number of carboxylic acids is 1. The molecule has 0 aliphatic rings. The molecule has 0 radical (unpaired) electrons. The molecule has 25 heavy (non-hydrogen) atoms. The van der Waals surface area contributed by atoms with Crippen LogP contribution >= 0.6 is 0 Å². The monoisotopic (exact) mass is 344 g/mol. The molecule has 2 aromatic rings. The van der Waals surface area contributed by atoms with Gasteiger partial charge in [0.2, 0.25) is 5.95 Å². The molecule has 0 bridgehead atoms. The van der Waals surface area contributed by atoms with Gasteiger partial charge in [-0.05, 0) is 45.0 Å². The number of benzene rings is 1. The summed E-state index contributed by atoms with van der Waals surface area (Å²) in [6, 6.07) is 6.95. The van der Waals surface area contributed by atoms with Gasteiger partial charge < -0.3 is 20.8 Å². The highest BCUT2D eigenvalue weighted by molar-refractivity contribution is 5.97. The van der Waals surface area contributed by atoms with Crippen LogP contribution in [0.15, 0.2) is 30.3 Å². The second-order valence-electron chi connectivity index (χ2n) is 5.71. The van der Waals surface area contributed by atoms with E-state index in [4.69, 9.17) is 5.11 Å². The zero-order chi connectivity index (χ0) is 18.6. The predicted molar refractivity (Wildman–Crippen MR) is 91.8 cm³/mol. The molecule has 2 rings (SSSR count). The Morgan fingerprint density at radius 2 is 1.76 bits per heavy atom. The number of anilines is 2. The van der Waals surface area contributed by atoms with Crippen LogP contribution in [0.3, 0.4) is 0 Å². The van der Waals surface area contributed by atoms with Gasteiger partial charge in [-0.25, -0.2) is 14.8 Å². The number of carbonyl (C=O) groups excluding carboxylic acids is 1. The Labute approximate surface area is 144 Å². The average molecular weight is 344 g/mol. The first-order valence-electron chi connectivity index (χ1n) is 7.67. The van der Waals surface area contributed by atoms with E-state index in [1.807, 2.05) is 19.9 Å². The van der Waals surface area contributed by atoms with E-state index in [2.05, 4.69) is 20.6 Å². The molecule has 8 nitrogen and oxygen atoms in total. The van der Waals surface area contributed by atoms with Gasteiger partial charge in [0.25, 0.3) is 5.91 Å². The second kappa shape index (κ2) is 7.71. The number of rotatable bonds is 6. The van der Waals surface area contributed by atoms with Crippen LogP contribution in [-0.4, -0.2) is 44.2 Å². The summed E-state index contributed by atoms with van der Waals surface area (Å²) in [6.45, 7) is 5.01. The number of aliphatic carboxylic acids is 1. The van der Waals surface area contributed by atoms with Gasteiger partial charge in [0.05, 0.1) is 6.10 Å². The molecule has 0 saturated carbocycles. The molecule has 0 saturated heterocycles. The summed E-state index contributed by atoms with van der Waals surface area (Å²) in [5.74, 6) is -1.50. The fraction of sp³-hybridized carbons (Fsp3) is 0.294. The quantitative estimate of drug-likeness (QED) is 0.624. The number of hydrogen-bond donors (Lipinski definition) is 4. The van der Waals surface area contributed by atoms with Crippen molar-refractivity contribution >= 4 is 23.5 Å². The SMILES string of the molecule is Cc1cc(C)nc(Nc2cccc(C(=O)NC(C(=O)O)C(C)O)c2)n1. The fourth-order valence-corrected chi connectivity index (χ4v) is 2.26. The first-order valence-corrected chi connectivity index (χ1v) is 7.67. The van der Waals surface area contributed by atoms with E-state index < -0.39 is 24.0 Å². The van der Waals surface area contributed by atoms with E-state index in [1.54, 1.807) is 24.3 Å². The van der Waals surface area contributed by atoms with Crippen molar-refractivity contribution in [2.75, 3.05) is 5.32 Å². The van der Waals surface area contributed by atoms with Crippen molar-refractivity contribution in [3.63, 3.8) is 0 Å². The Morgan fingerprint density at radius 1 is 1.12 bits per heavy atom. The molecular weight excluding hydrogens is 324 g/mol. The molecule has 1 aromatic carbocycles. The molecule has 4 N–H and O–H groups in total. The molecule has 0 fully saturated rings. The average Bonchev–Trinajstić information content (AvgIpc) is 2.51. The summed E-state index contributed by atoms with van der Waals surface area (Å²) in [5, 5.41) is 23.8. The molecule has 1 aromatic heterocycles. The summed E-state index contributed by atoms with van der Waals surface area (Å²) in [6.07, 6.45) is -1.22. The third-order valence-corrected chi connectivity index (χ3v) is 3.40. The topological polar surface area (TPSA) is 124 Å². The lowest BCUT2D eigenvalue weighted by Crippen LogP contribution is -2.47. The van der Waals surface area contributed by atoms with Crippen molar-refractivity contribution in [3.05, 3.63) is 47.3 Å². The molecular formula is C17H20N4O4. The summed E-state index contributed by atoms with van der Waals surface area (Å²) in [7, 11) is 0. The number of carboxylic acid groups (broad SMARTS) is 1. The van der Waals surface area contributed by atoms with Gasteiger partial charge in [-0.1, -0.05) is 6.07 Å². The van der Waals surface area contributed by atoms with Crippen LogP contribution in [0.4, 0.5) is 11.6 Å². The number of nitrogens with one attached hydrogen (secondary N) is 2. The molecule has 0 aliphatic carbocycles. The molecule has 8 heteroatoms. The molecule has 2 unspecified atom stereocenters. The van der Waals surface area contributed by atoms with Crippen LogP contribution in [0.25, 0.3) is 0 Å². The number of nitrogens with zero attached hydrogens (tertiary/aromatic N) is 2. The van der Waals surface area contributed by atoms with E-state index in [0.29, 0.717) is 11.6 Å². The Morgan fingerprint density at radius 3 is 2.32 bits per heavy atom. The van der Waals surface area contributed by atoms with Gasteiger partial charge in [0.15, 0.2) is 6.04 Å². The van der Waals surface area contributed by atoms with Crippen molar-refractivity contribution in [1.82, 2.24) is 15.3 Å². The maximum Gasteiger partial charge on any atom is 0.328 e. The lowest BCUT2D eigenvalue weighted by molar-refractivity contribution is -0.141. The number of aliphatic hydroxyl groups excluding tert-OH is 1. The maximum atomic E-state index is 12.2.